The second-order valence-corrected chi connectivity index (χ2v) is 10.9. The number of aryl methyl sites for hydroxylation is 1. The van der Waals surface area contributed by atoms with Gasteiger partial charge < -0.3 is 5.11 Å². The summed E-state index contributed by atoms with van der Waals surface area (Å²) in [5, 5.41) is 11.0. The van der Waals surface area contributed by atoms with Crippen LogP contribution in [0.2, 0.25) is 0 Å². The highest BCUT2D eigenvalue weighted by Gasteiger charge is 2.15. The highest BCUT2D eigenvalue weighted by Crippen LogP contribution is 2.31. The second-order valence-electron chi connectivity index (χ2n) is 10.9. The molecule has 4 nitrogen and oxygen atoms in total. The average Bonchev–Trinajstić information content (AvgIpc) is 3.00. The van der Waals surface area contributed by atoms with Gasteiger partial charge in [0, 0.05) is 11.1 Å². The molecule has 1 aromatic heterocycles. The van der Waals surface area contributed by atoms with Gasteiger partial charge in [0.1, 0.15) is 5.75 Å². The molecule has 0 atom stereocenters. The van der Waals surface area contributed by atoms with Crippen molar-refractivity contribution in [3.05, 3.63) is 84.4 Å². The zero-order valence-corrected chi connectivity index (χ0v) is 24.2. The summed E-state index contributed by atoms with van der Waals surface area (Å²) in [6, 6.07) is 25.8. The number of hydrogen-bond acceptors (Lipinski definition) is 4. The minimum atomic E-state index is 0.219. The van der Waals surface area contributed by atoms with E-state index in [4.69, 9.17) is 15.0 Å². The maximum absolute atomic E-state index is 11.0. The predicted octanol–water partition coefficient (Wildman–Crippen LogP) is 10.2. The third-order valence-electron chi connectivity index (χ3n) is 7.57. The summed E-state index contributed by atoms with van der Waals surface area (Å²) in [6.07, 6.45) is 18.6. The van der Waals surface area contributed by atoms with Gasteiger partial charge in [0.2, 0.25) is 0 Å². The van der Waals surface area contributed by atoms with E-state index in [1.807, 2.05) is 72.8 Å². The van der Waals surface area contributed by atoms with E-state index in [2.05, 4.69) is 13.0 Å². The quantitative estimate of drug-likeness (QED) is 0.137. The van der Waals surface area contributed by atoms with E-state index in [-0.39, 0.29) is 5.75 Å². The zero-order chi connectivity index (χ0) is 27.8. The summed E-state index contributed by atoms with van der Waals surface area (Å²) in [7, 11) is 0. The maximum Gasteiger partial charge on any atom is 0.167 e. The number of phenolic OH excluding ortho intramolecular Hbond substituents is 1. The Morgan fingerprint density at radius 2 is 0.950 bits per heavy atom. The van der Waals surface area contributed by atoms with Crippen LogP contribution in [0, 0.1) is 0 Å². The predicted molar refractivity (Wildman–Crippen MR) is 167 cm³/mol. The fourth-order valence-corrected chi connectivity index (χ4v) is 5.20. The molecule has 4 heteroatoms. The largest absolute Gasteiger partial charge is 0.507 e. The summed E-state index contributed by atoms with van der Waals surface area (Å²) in [4.78, 5) is 14.2. The lowest BCUT2D eigenvalue weighted by Crippen LogP contribution is -2.00. The van der Waals surface area contributed by atoms with Crippen LogP contribution in [-0.2, 0) is 6.42 Å². The van der Waals surface area contributed by atoms with E-state index in [1.165, 1.54) is 77.0 Å². The van der Waals surface area contributed by atoms with Crippen LogP contribution in [-0.4, -0.2) is 20.1 Å². The van der Waals surface area contributed by atoms with Crippen molar-refractivity contribution in [2.45, 2.75) is 96.8 Å². The lowest BCUT2D eigenvalue weighted by atomic mass is 10.0. The number of aromatic hydroxyl groups is 1. The average molecular weight is 536 g/mol. The van der Waals surface area contributed by atoms with Crippen molar-refractivity contribution in [2.75, 3.05) is 0 Å². The summed E-state index contributed by atoms with van der Waals surface area (Å²) in [5.41, 5.74) is 3.62. The molecule has 1 N–H and O–H groups in total. The molecule has 0 amide bonds. The first-order valence-electron chi connectivity index (χ1n) is 15.4. The first kappa shape index (κ1) is 29.5. The lowest BCUT2D eigenvalue weighted by molar-refractivity contribution is 0.476. The number of aromatic nitrogens is 3. The Balaban J connectivity index is 1.29. The molecule has 0 bridgehead atoms. The molecular formula is C36H45N3O. The molecule has 0 aliphatic carbocycles. The van der Waals surface area contributed by atoms with Crippen LogP contribution in [0.1, 0.15) is 96.0 Å². The fourth-order valence-electron chi connectivity index (χ4n) is 5.20. The van der Waals surface area contributed by atoms with Gasteiger partial charge in [-0.05, 0) is 30.5 Å². The Hall–Kier alpha value is -3.53. The topological polar surface area (TPSA) is 58.9 Å². The molecule has 0 radical (unpaired) electrons. The molecule has 3 aromatic carbocycles. The first-order valence-corrected chi connectivity index (χ1v) is 15.4. The van der Waals surface area contributed by atoms with Crippen molar-refractivity contribution < 1.29 is 5.11 Å². The van der Waals surface area contributed by atoms with Crippen molar-refractivity contribution in [1.29, 1.82) is 0 Å². The molecule has 4 rings (SSSR count). The smallest absolute Gasteiger partial charge is 0.167 e. The molecule has 40 heavy (non-hydrogen) atoms. The molecule has 0 fully saturated rings. The fraction of sp³-hybridized carbons (Fsp3) is 0.417. The van der Waals surface area contributed by atoms with E-state index < -0.39 is 0 Å². The Kier molecular flexibility index (Phi) is 12.2. The second kappa shape index (κ2) is 16.5. The molecule has 1 heterocycles. The molecular weight excluding hydrogens is 490 g/mol. The minimum Gasteiger partial charge on any atom is -0.507 e. The molecule has 0 unspecified atom stereocenters. The summed E-state index contributed by atoms with van der Waals surface area (Å²) < 4.78 is 0. The lowest BCUT2D eigenvalue weighted by Gasteiger charge is -2.10. The van der Waals surface area contributed by atoms with Gasteiger partial charge in [0.25, 0.3) is 0 Å². The number of rotatable bonds is 17. The van der Waals surface area contributed by atoms with E-state index in [0.29, 0.717) is 23.0 Å². The van der Waals surface area contributed by atoms with Crippen molar-refractivity contribution in [2.24, 2.45) is 0 Å². The molecule has 4 aromatic rings. The van der Waals surface area contributed by atoms with Crippen molar-refractivity contribution in [3.8, 4) is 39.9 Å². The monoisotopic (exact) mass is 535 g/mol. The molecule has 0 aliphatic heterocycles. The maximum atomic E-state index is 11.0. The van der Waals surface area contributed by atoms with Crippen LogP contribution in [0.15, 0.2) is 78.9 Å². The molecule has 210 valence electrons. The van der Waals surface area contributed by atoms with Crippen LogP contribution < -0.4 is 0 Å². The highest BCUT2D eigenvalue weighted by molar-refractivity contribution is 5.69. The summed E-state index contributed by atoms with van der Waals surface area (Å²) >= 11 is 0. The normalized spacial score (nSPS) is 11.1. The number of hydrogen-bond donors (Lipinski definition) is 1. The molecule has 0 saturated carbocycles. The minimum absolute atomic E-state index is 0.219. The van der Waals surface area contributed by atoms with Crippen molar-refractivity contribution >= 4 is 0 Å². The molecule has 0 aliphatic rings. The van der Waals surface area contributed by atoms with Crippen molar-refractivity contribution in [1.82, 2.24) is 15.0 Å². The van der Waals surface area contributed by atoms with Gasteiger partial charge in [0.05, 0.1) is 5.56 Å². The standard InChI is InChI=1S/C36H45N3O/c1-2-3-4-5-6-7-8-9-10-11-12-13-16-21-29-26-27-32(33(40)28-29)36-38-34(30-22-17-14-18-23-30)37-35(39-36)31-24-19-15-20-25-31/h14-15,17-20,22-28,40H,2-13,16,21H2,1H3. The van der Waals surface area contributed by atoms with Gasteiger partial charge in [-0.2, -0.15) is 0 Å². The van der Waals surface area contributed by atoms with E-state index in [9.17, 15) is 5.11 Å². The van der Waals surface area contributed by atoms with Crippen LogP contribution in [0.25, 0.3) is 34.2 Å². The van der Waals surface area contributed by atoms with Gasteiger partial charge >= 0.3 is 0 Å². The number of phenols is 1. The van der Waals surface area contributed by atoms with Crippen LogP contribution in [0.3, 0.4) is 0 Å². The van der Waals surface area contributed by atoms with Gasteiger partial charge in [-0.25, -0.2) is 15.0 Å². The molecule has 0 saturated heterocycles. The number of unbranched alkanes of at least 4 members (excludes halogenated alkanes) is 12. The van der Waals surface area contributed by atoms with E-state index in [1.54, 1.807) is 0 Å². The third kappa shape index (κ3) is 9.29. The summed E-state index contributed by atoms with van der Waals surface area (Å²) in [6.45, 7) is 2.28. The van der Waals surface area contributed by atoms with Crippen molar-refractivity contribution in [3.63, 3.8) is 0 Å². The highest BCUT2D eigenvalue weighted by atomic mass is 16.3. The van der Waals surface area contributed by atoms with Gasteiger partial charge in [-0.15, -0.1) is 0 Å². The zero-order valence-electron chi connectivity index (χ0n) is 24.2. The SMILES string of the molecule is CCCCCCCCCCCCCCCc1ccc(-c2nc(-c3ccccc3)nc(-c3ccccc3)n2)c(O)c1. The summed E-state index contributed by atoms with van der Waals surface area (Å²) in [5.74, 6) is 1.90. The van der Waals surface area contributed by atoms with E-state index in [0.717, 1.165) is 29.5 Å². The first-order chi connectivity index (χ1) is 19.7. The number of benzene rings is 3. The van der Waals surface area contributed by atoms with Gasteiger partial charge in [-0.1, -0.05) is 151 Å². The van der Waals surface area contributed by atoms with Gasteiger partial charge in [-0.3, -0.25) is 0 Å². The van der Waals surface area contributed by atoms with Crippen LogP contribution in [0.4, 0.5) is 0 Å². The van der Waals surface area contributed by atoms with Crippen LogP contribution >= 0.6 is 0 Å². The Labute approximate surface area is 241 Å². The van der Waals surface area contributed by atoms with Gasteiger partial charge in [0.15, 0.2) is 17.5 Å². The Bertz CT molecular complexity index is 1220. The Morgan fingerprint density at radius 1 is 0.500 bits per heavy atom. The van der Waals surface area contributed by atoms with E-state index >= 15 is 0 Å². The number of nitrogens with zero attached hydrogens (tertiary/aromatic N) is 3. The third-order valence-corrected chi connectivity index (χ3v) is 7.57. The Morgan fingerprint density at radius 3 is 1.43 bits per heavy atom. The molecule has 0 spiro atoms. The van der Waals surface area contributed by atoms with Crippen LogP contribution in [0.5, 0.6) is 5.75 Å².